The fourth-order valence-corrected chi connectivity index (χ4v) is 3.47. The van der Waals surface area contributed by atoms with Crippen LogP contribution in [-0.2, 0) is 0 Å². The lowest BCUT2D eigenvalue weighted by atomic mass is 9.83. The van der Waals surface area contributed by atoms with Crippen molar-refractivity contribution in [2.45, 2.75) is 25.3 Å². The smallest absolute Gasteiger partial charge is 0.256 e. The van der Waals surface area contributed by atoms with Crippen LogP contribution in [0, 0.1) is 5.92 Å². The molecule has 3 aliphatic heterocycles. The van der Waals surface area contributed by atoms with Crippen molar-refractivity contribution in [3.63, 3.8) is 0 Å². The molecule has 7 heteroatoms. The third-order valence-corrected chi connectivity index (χ3v) is 4.75. The van der Waals surface area contributed by atoms with E-state index < -0.39 is 0 Å². The van der Waals surface area contributed by atoms with Crippen LogP contribution in [0.15, 0.2) is 12.1 Å². The van der Waals surface area contributed by atoms with Crippen LogP contribution in [0.4, 0.5) is 0 Å². The van der Waals surface area contributed by atoms with Gasteiger partial charge in [-0.25, -0.2) is 0 Å². The summed E-state index contributed by atoms with van der Waals surface area (Å²) < 4.78 is 10.2. The SMILES string of the molecule is COc1ccc(C(=O)NCC2CC3CCN2CC3)c(OC)n1.Cl. The predicted octanol–water partition coefficient (Wildman–Crippen LogP) is 1.73. The molecule has 1 N–H and O–H groups in total. The zero-order valence-electron chi connectivity index (χ0n) is 13.6. The Morgan fingerprint density at radius 3 is 2.61 bits per heavy atom. The van der Waals surface area contributed by atoms with Gasteiger partial charge in [-0.05, 0) is 44.3 Å². The number of nitrogens with one attached hydrogen (secondary N) is 1. The van der Waals surface area contributed by atoms with Crippen LogP contribution in [0.5, 0.6) is 11.8 Å². The number of ether oxygens (including phenoxy) is 2. The zero-order chi connectivity index (χ0) is 15.5. The van der Waals surface area contributed by atoms with Gasteiger partial charge in [-0.1, -0.05) is 0 Å². The Kier molecular flexibility index (Phi) is 6.07. The van der Waals surface area contributed by atoms with Gasteiger partial charge in [-0.15, -0.1) is 12.4 Å². The molecule has 1 atom stereocenters. The summed E-state index contributed by atoms with van der Waals surface area (Å²) >= 11 is 0. The van der Waals surface area contributed by atoms with Crippen molar-refractivity contribution in [1.29, 1.82) is 0 Å². The number of amides is 1. The van der Waals surface area contributed by atoms with Crippen LogP contribution in [0.25, 0.3) is 0 Å². The summed E-state index contributed by atoms with van der Waals surface area (Å²) in [5, 5.41) is 3.02. The monoisotopic (exact) mass is 341 g/mol. The van der Waals surface area contributed by atoms with Crippen molar-refractivity contribution in [2.24, 2.45) is 5.92 Å². The first-order chi connectivity index (χ1) is 10.7. The summed E-state index contributed by atoms with van der Waals surface area (Å²) in [6.45, 7) is 3.02. The van der Waals surface area contributed by atoms with Gasteiger partial charge in [-0.2, -0.15) is 4.98 Å². The summed E-state index contributed by atoms with van der Waals surface area (Å²) in [5.74, 6) is 1.42. The summed E-state index contributed by atoms with van der Waals surface area (Å²) in [6.07, 6.45) is 3.81. The first kappa shape index (κ1) is 17.8. The van der Waals surface area contributed by atoms with Crippen molar-refractivity contribution >= 4 is 18.3 Å². The Labute approximate surface area is 143 Å². The maximum absolute atomic E-state index is 12.4. The Balaban J connectivity index is 0.00000192. The van der Waals surface area contributed by atoms with Crippen molar-refractivity contribution in [3.8, 4) is 11.8 Å². The molecule has 2 bridgehead atoms. The minimum atomic E-state index is -0.144. The van der Waals surface area contributed by atoms with E-state index in [1.165, 1.54) is 46.6 Å². The average Bonchev–Trinajstić information content (AvgIpc) is 2.60. The molecule has 23 heavy (non-hydrogen) atoms. The molecule has 0 aliphatic carbocycles. The number of hydrogen-bond acceptors (Lipinski definition) is 5. The standard InChI is InChI=1S/C16H23N3O3.ClH/c1-21-14-4-3-13(16(18-14)22-2)15(20)17-10-12-9-11-5-7-19(12)8-6-11;/h3-4,11-12H,5-10H2,1-2H3,(H,17,20);1H. The van der Waals surface area contributed by atoms with Crippen molar-refractivity contribution in [1.82, 2.24) is 15.2 Å². The van der Waals surface area contributed by atoms with E-state index in [1.54, 1.807) is 12.1 Å². The summed E-state index contributed by atoms with van der Waals surface area (Å²) in [7, 11) is 3.04. The molecule has 0 aromatic carbocycles. The third kappa shape index (κ3) is 3.87. The van der Waals surface area contributed by atoms with Crippen LogP contribution in [0.3, 0.4) is 0 Å². The fraction of sp³-hybridized carbons (Fsp3) is 0.625. The number of halogens is 1. The average molecular weight is 342 g/mol. The van der Waals surface area contributed by atoms with Crippen LogP contribution >= 0.6 is 12.4 Å². The Morgan fingerprint density at radius 1 is 1.30 bits per heavy atom. The molecule has 4 rings (SSSR count). The Morgan fingerprint density at radius 2 is 2.04 bits per heavy atom. The van der Waals surface area contributed by atoms with Gasteiger partial charge in [-0.3, -0.25) is 9.69 Å². The van der Waals surface area contributed by atoms with Crippen molar-refractivity contribution < 1.29 is 14.3 Å². The van der Waals surface area contributed by atoms with Gasteiger partial charge in [0.1, 0.15) is 5.56 Å². The predicted molar refractivity (Wildman–Crippen MR) is 89.6 cm³/mol. The second-order valence-corrected chi connectivity index (χ2v) is 5.99. The minimum Gasteiger partial charge on any atom is -0.481 e. The van der Waals surface area contributed by atoms with Gasteiger partial charge >= 0.3 is 0 Å². The first-order valence-corrected chi connectivity index (χ1v) is 7.82. The highest BCUT2D eigenvalue weighted by Gasteiger charge is 2.33. The Bertz CT molecular complexity index is 547. The zero-order valence-corrected chi connectivity index (χ0v) is 14.4. The van der Waals surface area contributed by atoms with Gasteiger partial charge in [0.15, 0.2) is 0 Å². The molecule has 3 aliphatic rings. The number of rotatable bonds is 5. The number of carbonyl (C=O) groups excluding carboxylic acids is 1. The largest absolute Gasteiger partial charge is 0.481 e. The van der Waals surface area contributed by atoms with E-state index >= 15 is 0 Å². The number of methoxy groups -OCH3 is 2. The molecule has 6 nitrogen and oxygen atoms in total. The highest BCUT2D eigenvalue weighted by atomic mass is 35.5. The quantitative estimate of drug-likeness (QED) is 0.883. The number of hydrogen-bond donors (Lipinski definition) is 1. The normalized spacial score (nSPS) is 25.4. The van der Waals surface area contributed by atoms with Crippen LogP contribution in [0.2, 0.25) is 0 Å². The van der Waals surface area contributed by atoms with Crippen LogP contribution in [-0.4, -0.2) is 55.7 Å². The molecular formula is C16H24ClN3O3. The van der Waals surface area contributed by atoms with Crippen LogP contribution < -0.4 is 14.8 Å². The molecule has 1 aromatic heterocycles. The minimum absolute atomic E-state index is 0. The molecule has 1 amide bonds. The van der Waals surface area contributed by atoms with Gasteiger partial charge < -0.3 is 14.8 Å². The molecule has 3 saturated heterocycles. The highest BCUT2D eigenvalue weighted by molar-refractivity contribution is 5.96. The molecular weight excluding hydrogens is 318 g/mol. The number of piperidine rings is 3. The molecule has 0 spiro atoms. The summed E-state index contributed by atoms with van der Waals surface area (Å²) in [4.78, 5) is 19.0. The van der Waals surface area contributed by atoms with Crippen LogP contribution in [0.1, 0.15) is 29.6 Å². The van der Waals surface area contributed by atoms with E-state index in [2.05, 4.69) is 15.2 Å². The number of carbonyl (C=O) groups is 1. The maximum atomic E-state index is 12.4. The lowest BCUT2D eigenvalue weighted by Gasteiger charge is -2.45. The van der Waals surface area contributed by atoms with E-state index in [-0.39, 0.29) is 18.3 Å². The lowest BCUT2D eigenvalue weighted by Crippen LogP contribution is -2.53. The molecule has 128 valence electrons. The molecule has 0 radical (unpaired) electrons. The molecule has 4 heterocycles. The van der Waals surface area contributed by atoms with E-state index in [9.17, 15) is 4.79 Å². The second-order valence-electron chi connectivity index (χ2n) is 5.99. The van der Waals surface area contributed by atoms with E-state index in [0.29, 0.717) is 29.9 Å². The van der Waals surface area contributed by atoms with Gasteiger partial charge in [0.05, 0.1) is 14.2 Å². The number of fused-ring (bicyclic) bond motifs is 3. The van der Waals surface area contributed by atoms with E-state index in [4.69, 9.17) is 9.47 Å². The number of nitrogens with zero attached hydrogens (tertiary/aromatic N) is 2. The number of aromatic nitrogens is 1. The number of pyridine rings is 1. The van der Waals surface area contributed by atoms with E-state index in [1.807, 2.05) is 0 Å². The third-order valence-electron chi connectivity index (χ3n) is 4.75. The highest BCUT2D eigenvalue weighted by Crippen LogP contribution is 2.31. The molecule has 1 aromatic rings. The van der Waals surface area contributed by atoms with Crippen molar-refractivity contribution in [2.75, 3.05) is 33.9 Å². The van der Waals surface area contributed by atoms with Gasteiger partial charge in [0.25, 0.3) is 5.91 Å². The fourth-order valence-electron chi connectivity index (χ4n) is 3.47. The second kappa shape index (κ2) is 7.84. The molecule has 0 saturated carbocycles. The summed E-state index contributed by atoms with van der Waals surface area (Å²) in [6, 6.07) is 3.82. The van der Waals surface area contributed by atoms with E-state index in [0.717, 1.165) is 5.92 Å². The molecule has 1 unspecified atom stereocenters. The first-order valence-electron chi connectivity index (χ1n) is 7.82. The topological polar surface area (TPSA) is 63.7 Å². The lowest BCUT2D eigenvalue weighted by molar-refractivity contribution is 0.0481. The summed E-state index contributed by atoms with van der Waals surface area (Å²) in [5.41, 5.74) is 0.444. The van der Waals surface area contributed by atoms with Gasteiger partial charge in [0.2, 0.25) is 11.8 Å². The maximum Gasteiger partial charge on any atom is 0.256 e. The van der Waals surface area contributed by atoms with Crippen molar-refractivity contribution in [3.05, 3.63) is 17.7 Å². The van der Waals surface area contributed by atoms with Gasteiger partial charge in [0, 0.05) is 18.7 Å². The molecule has 3 fully saturated rings. The Hall–Kier alpha value is -1.53.